The van der Waals surface area contributed by atoms with Crippen LogP contribution in [-0.2, 0) is 13.0 Å². The number of carbonyl (C=O) groups is 1. The topological polar surface area (TPSA) is 65.5 Å². The second-order valence-electron chi connectivity index (χ2n) is 5.69. The maximum Gasteiger partial charge on any atom is 0.255 e. The number of carbonyl (C=O) groups excluding carboxylic acids is 1. The second kappa shape index (κ2) is 5.89. The second-order valence-corrected chi connectivity index (χ2v) is 5.69. The summed E-state index contributed by atoms with van der Waals surface area (Å²) >= 11 is 0. The predicted octanol–water partition coefficient (Wildman–Crippen LogP) is 0.572. The standard InChI is InChI=1S/C15H21N3O2/c19-10-11-2-1-5-18(9-11)15(20)14-8-17-7-12-6-16-4-3-13(12)14/h7-8,11,16,19H,1-6,9-10H2. The Morgan fingerprint density at radius 3 is 3.25 bits per heavy atom. The van der Waals surface area contributed by atoms with E-state index >= 15 is 0 Å². The Hall–Kier alpha value is -1.46. The molecule has 20 heavy (non-hydrogen) atoms. The van der Waals surface area contributed by atoms with Crippen molar-refractivity contribution in [2.24, 2.45) is 5.92 Å². The Labute approximate surface area is 119 Å². The summed E-state index contributed by atoms with van der Waals surface area (Å²) in [6.45, 7) is 3.33. The number of nitrogens with zero attached hydrogens (tertiary/aromatic N) is 2. The lowest BCUT2D eigenvalue weighted by Crippen LogP contribution is -2.41. The van der Waals surface area contributed by atoms with Crippen molar-refractivity contribution in [1.82, 2.24) is 15.2 Å². The van der Waals surface area contributed by atoms with Crippen molar-refractivity contribution >= 4 is 5.91 Å². The highest BCUT2D eigenvalue weighted by atomic mass is 16.3. The number of pyridine rings is 1. The van der Waals surface area contributed by atoms with Gasteiger partial charge in [-0.25, -0.2) is 0 Å². The van der Waals surface area contributed by atoms with E-state index < -0.39 is 0 Å². The number of hydrogen-bond acceptors (Lipinski definition) is 4. The Morgan fingerprint density at radius 1 is 1.50 bits per heavy atom. The maximum absolute atomic E-state index is 12.7. The summed E-state index contributed by atoms with van der Waals surface area (Å²) in [7, 11) is 0. The molecule has 0 bridgehead atoms. The molecule has 3 rings (SSSR count). The van der Waals surface area contributed by atoms with Gasteiger partial charge in [0.25, 0.3) is 5.91 Å². The van der Waals surface area contributed by atoms with Gasteiger partial charge in [0, 0.05) is 38.6 Å². The minimum Gasteiger partial charge on any atom is -0.396 e. The molecule has 1 amide bonds. The Balaban J connectivity index is 1.83. The summed E-state index contributed by atoms with van der Waals surface area (Å²) in [5.74, 6) is 0.302. The van der Waals surface area contributed by atoms with Gasteiger partial charge in [-0.15, -0.1) is 0 Å². The van der Waals surface area contributed by atoms with Gasteiger partial charge < -0.3 is 15.3 Å². The zero-order valence-corrected chi connectivity index (χ0v) is 11.6. The number of aliphatic hydroxyl groups excluding tert-OH is 1. The van der Waals surface area contributed by atoms with Crippen LogP contribution in [0, 0.1) is 5.92 Å². The largest absolute Gasteiger partial charge is 0.396 e. The van der Waals surface area contributed by atoms with E-state index in [1.807, 2.05) is 11.1 Å². The predicted molar refractivity (Wildman–Crippen MR) is 75.4 cm³/mol. The summed E-state index contributed by atoms with van der Waals surface area (Å²) in [4.78, 5) is 18.8. The average Bonchev–Trinajstić information content (AvgIpc) is 2.53. The molecule has 0 spiro atoms. The molecule has 2 aliphatic heterocycles. The van der Waals surface area contributed by atoms with Gasteiger partial charge in [-0.2, -0.15) is 0 Å². The van der Waals surface area contributed by atoms with Crippen LogP contribution in [0.25, 0.3) is 0 Å². The van der Waals surface area contributed by atoms with E-state index in [9.17, 15) is 9.90 Å². The van der Waals surface area contributed by atoms with E-state index in [0.29, 0.717) is 6.54 Å². The molecule has 108 valence electrons. The lowest BCUT2D eigenvalue weighted by molar-refractivity contribution is 0.0619. The highest BCUT2D eigenvalue weighted by Crippen LogP contribution is 2.22. The highest BCUT2D eigenvalue weighted by Gasteiger charge is 2.26. The minimum atomic E-state index is 0.0781. The molecule has 1 saturated heterocycles. The van der Waals surface area contributed by atoms with Gasteiger partial charge in [0.15, 0.2) is 0 Å². The molecule has 1 unspecified atom stereocenters. The Kier molecular flexibility index (Phi) is 3.98. The molecule has 2 N–H and O–H groups in total. The summed E-state index contributed by atoms with van der Waals surface area (Å²) in [5, 5.41) is 12.6. The number of hydrogen-bond donors (Lipinski definition) is 2. The first-order chi connectivity index (χ1) is 9.79. The van der Waals surface area contributed by atoms with Gasteiger partial charge in [0.05, 0.1) is 5.56 Å². The van der Waals surface area contributed by atoms with Gasteiger partial charge in [-0.1, -0.05) is 0 Å². The number of nitrogens with one attached hydrogen (secondary N) is 1. The first-order valence-corrected chi connectivity index (χ1v) is 7.36. The van der Waals surface area contributed by atoms with Gasteiger partial charge in [-0.3, -0.25) is 9.78 Å². The van der Waals surface area contributed by atoms with Crippen molar-refractivity contribution in [1.29, 1.82) is 0 Å². The van der Waals surface area contributed by atoms with Crippen molar-refractivity contribution in [3.8, 4) is 0 Å². The zero-order chi connectivity index (χ0) is 13.9. The molecular weight excluding hydrogens is 254 g/mol. The third-order valence-electron chi connectivity index (χ3n) is 4.31. The van der Waals surface area contributed by atoms with E-state index in [1.54, 1.807) is 6.20 Å². The van der Waals surface area contributed by atoms with Crippen molar-refractivity contribution in [2.75, 3.05) is 26.2 Å². The number of aromatic nitrogens is 1. The van der Waals surface area contributed by atoms with Crippen molar-refractivity contribution in [3.05, 3.63) is 29.1 Å². The zero-order valence-electron chi connectivity index (χ0n) is 11.6. The molecule has 0 aliphatic carbocycles. The molecule has 1 aromatic rings. The quantitative estimate of drug-likeness (QED) is 0.828. The number of rotatable bonds is 2. The fourth-order valence-electron chi connectivity index (χ4n) is 3.17. The number of amides is 1. The average molecular weight is 275 g/mol. The molecule has 2 aliphatic rings. The van der Waals surface area contributed by atoms with Crippen LogP contribution < -0.4 is 5.32 Å². The van der Waals surface area contributed by atoms with Gasteiger partial charge >= 0.3 is 0 Å². The van der Waals surface area contributed by atoms with Crippen LogP contribution in [0.3, 0.4) is 0 Å². The monoisotopic (exact) mass is 275 g/mol. The molecule has 1 atom stereocenters. The molecule has 5 nitrogen and oxygen atoms in total. The van der Waals surface area contributed by atoms with Crippen LogP contribution in [0.15, 0.2) is 12.4 Å². The van der Waals surface area contributed by atoms with Crippen LogP contribution >= 0.6 is 0 Å². The molecule has 1 aromatic heterocycles. The van der Waals surface area contributed by atoms with Crippen LogP contribution in [-0.4, -0.2) is 47.1 Å². The van der Waals surface area contributed by atoms with E-state index in [-0.39, 0.29) is 18.4 Å². The number of fused-ring (bicyclic) bond motifs is 1. The van der Waals surface area contributed by atoms with E-state index in [4.69, 9.17) is 0 Å². The fourth-order valence-corrected chi connectivity index (χ4v) is 3.17. The van der Waals surface area contributed by atoms with Crippen LogP contribution in [0.2, 0.25) is 0 Å². The van der Waals surface area contributed by atoms with Gasteiger partial charge in [-0.05, 0) is 42.9 Å². The number of likely N-dealkylation sites (tertiary alicyclic amines) is 1. The van der Waals surface area contributed by atoms with Crippen molar-refractivity contribution in [3.63, 3.8) is 0 Å². The molecule has 3 heterocycles. The summed E-state index contributed by atoms with van der Waals surface area (Å²) in [5.41, 5.74) is 3.04. The lowest BCUT2D eigenvalue weighted by Gasteiger charge is -2.32. The van der Waals surface area contributed by atoms with Crippen LogP contribution in [0.5, 0.6) is 0 Å². The van der Waals surface area contributed by atoms with Crippen molar-refractivity contribution < 1.29 is 9.90 Å². The maximum atomic E-state index is 12.7. The third-order valence-corrected chi connectivity index (χ3v) is 4.31. The first kappa shape index (κ1) is 13.5. The highest BCUT2D eigenvalue weighted by molar-refractivity contribution is 5.95. The molecule has 1 fully saturated rings. The van der Waals surface area contributed by atoms with E-state index in [0.717, 1.165) is 55.6 Å². The molecule has 0 saturated carbocycles. The van der Waals surface area contributed by atoms with E-state index in [2.05, 4.69) is 10.3 Å². The number of aliphatic hydroxyl groups is 1. The Morgan fingerprint density at radius 2 is 2.40 bits per heavy atom. The van der Waals surface area contributed by atoms with Crippen molar-refractivity contribution in [2.45, 2.75) is 25.8 Å². The van der Waals surface area contributed by atoms with Gasteiger partial charge in [0.2, 0.25) is 0 Å². The fraction of sp³-hybridized carbons (Fsp3) is 0.600. The first-order valence-electron chi connectivity index (χ1n) is 7.36. The lowest BCUT2D eigenvalue weighted by atomic mass is 9.95. The van der Waals surface area contributed by atoms with Crippen LogP contribution in [0.1, 0.15) is 34.3 Å². The third kappa shape index (κ3) is 2.55. The molecule has 0 aromatic carbocycles. The summed E-state index contributed by atoms with van der Waals surface area (Å²) in [6.07, 6.45) is 6.42. The van der Waals surface area contributed by atoms with Crippen LogP contribution in [0.4, 0.5) is 0 Å². The smallest absolute Gasteiger partial charge is 0.255 e. The normalized spacial score (nSPS) is 22.4. The summed E-state index contributed by atoms with van der Waals surface area (Å²) in [6, 6.07) is 0. The SMILES string of the molecule is O=C(c1cncc2c1CCNC2)N1CCCC(CO)C1. The molecular formula is C15H21N3O2. The minimum absolute atomic E-state index is 0.0781. The van der Waals surface area contributed by atoms with Gasteiger partial charge in [0.1, 0.15) is 0 Å². The molecule has 0 radical (unpaired) electrons. The number of piperidine rings is 1. The summed E-state index contributed by atoms with van der Waals surface area (Å²) < 4.78 is 0. The Bertz CT molecular complexity index is 504. The molecule has 5 heteroatoms. The van der Waals surface area contributed by atoms with E-state index in [1.165, 1.54) is 0 Å².